The molecule has 2 aromatic rings. The second-order valence-corrected chi connectivity index (χ2v) is 7.83. The van der Waals surface area contributed by atoms with Crippen LogP contribution >= 0.6 is 0 Å². The number of hydrogen-bond acceptors (Lipinski definition) is 3. The van der Waals surface area contributed by atoms with Gasteiger partial charge in [0.2, 0.25) is 5.91 Å². The monoisotopic (exact) mass is 363 g/mol. The Kier molecular flexibility index (Phi) is 5.85. The van der Waals surface area contributed by atoms with Crippen molar-refractivity contribution in [2.45, 2.75) is 50.4 Å². The van der Waals surface area contributed by atoms with Crippen LogP contribution in [0.2, 0.25) is 0 Å². The van der Waals surface area contributed by atoms with Crippen molar-refractivity contribution in [1.82, 2.24) is 15.5 Å². The average molecular weight is 364 g/mol. The zero-order valence-corrected chi connectivity index (χ0v) is 15.8. The molecule has 0 spiro atoms. The fourth-order valence-corrected chi connectivity index (χ4v) is 3.82. The van der Waals surface area contributed by atoms with Crippen LogP contribution in [0.25, 0.3) is 0 Å². The zero-order valence-electron chi connectivity index (χ0n) is 15.8. The summed E-state index contributed by atoms with van der Waals surface area (Å²) < 4.78 is 0. The lowest BCUT2D eigenvalue weighted by molar-refractivity contribution is -0.123. The molecular formula is C23H29N3O. The Bertz CT molecular complexity index is 722. The number of piperidine rings is 1. The number of carbonyl (C=O) groups excluding carboxylic acids is 1. The number of nitrogens with zero attached hydrogens (tertiary/aromatic N) is 1. The van der Waals surface area contributed by atoms with Crippen LogP contribution in [0, 0.1) is 0 Å². The minimum Gasteiger partial charge on any atom is -0.352 e. The fourth-order valence-electron chi connectivity index (χ4n) is 3.82. The minimum atomic E-state index is -0.252. The Hall–Kier alpha value is -2.17. The van der Waals surface area contributed by atoms with Gasteiger partial charge in [-0.25, -0.2) is 0 Å². The summed E-state index contributed by atoms with van der Waals surface area (Å²) in [6, 6.07) is 21.3. The molecule has 1 atom stereocenters. The number of rotatable bonds is 7. The normalized spacial score (nSPS) is 19.6. The van der Waals surface area contributed by atoms with Crippen LogP contribution in [0.3, 0.4) is 0 Å². The molecule has 2 aliphatic rings. The molecule has 4 heteroatoms. The third kappa shape index (κ3) is 5.18. The van der Waals surface area contributed by atoms with E-state index < -0.39 is 0 Å². The summed E-state index contributed by atoms with van der Waals surface area (Å²) in [4.78, 5) is 15.3. The Balaban J connectivity index is 1.34. The second-order valence-electron chi connectivity index (χ2n) is 7.83. The summed E-state index contributed by atoms with van der Waals surface area (Å²) in [5, 5.41) is 6.82. The van der Waals surface area contributed by atoms with Crippen molar-refractivity contribution in [3.05, 3.63) is 71.8 Å². The van der Waals surface area contributed by atoms with Crippen LogP contribution in [0.15, 0.2) is 60.7 Å². The van der Waals surface area contributed by atoms with Gasteiger partial charge in [-0.15, -0.1) is 0 Å². The van der Waals surface area contributed by atoms with Crippen LogP contribution in [0.1, 0.15) is 42.9 Å². The van der Waals surface area contributed by atoms with Crippen molar-refractivity contribution in [3.63, 3.8) is 0 Å². The number of amides is 1. The summed E-state index contributed by atoms with van der Waals surface area (Å²) in [6.07, 6.45) is 4.38. The topological polar surface area (TPSA) is 44.4 Å². The van der Waals surface area contributed by atoms with Crippen LogP contribution in [0.4, 0.5) is 0 Å². The summed E-state index contributed by atoms with van der Waals surface area (Å²) >= 11 is 0. The molecule has 27 heavy (non-hydrogen) atoms. The smallest absolute Gasteiger partial charge is 0.241 e. The third-order valence-corrected chi connectivity index (χ3v) is 5.56. The summed E-state index contributed by atoms with van der Waals surface area (Å²) in [6.45, 7) is 3.15. The van der Waals surface area contributed by atoms with E-state index >= 15 is 0 Å². The highest BCUT2D eigenvalue weighted by atomic mass is 16.2. The predicted octanol–water partition coefficient (Wildman–Crippen LogP) is 3.26. The molecule has 1 saturated carbocycles. The molecular weight excluding hydrogens is 334 g/mol. The molecule has 0 unspecified atom stereocenters. The first kappa shape index (κ1) is 18.2. The predicted molar refractivity (Wildman–Crippen MR) is 108 cm³/mol. The average Bonchev–Trinajstić information content (AvgIpc) is 3.53. The molecule has 1 aliphatic heterocycles. The van der Waals surface area contributed by atoms with Gasteiger partial charge in [-0.05, 0) is 49.9 Å². The maximum Gasteiger partial charge on any atom is 0.241 e. The lowest BCUT2D eigenvalue weighted by atomic mass is 9.99. The fraction of sp³-hybridized carbons (Fsp3) is 0.435. The van der Waals surface area contributed by atoms with Crippen molar-refractivity contribution in [2.24, 2.45) is 0 Å². The number of hydrogen-bond donors (Lipinski definition) is 2. The molecule has 1 saturated heterocycles. The van der Waals surface area contributed by atoms with Crippen molar-refractivity contribution < 1.29 is 4.79 Å². The number of nitrogens with one attached hydrogen (secondary N) is 2. The molecule has 1 aliphatic carbocycles. The van der Waals surface area contributed by atoms with Gasteiger partial charge in [0.1, 0.15) is 6.04 Å². The zero-order chi connectivity index (χ0) is 18.5. The van der Waals surface area contributed by atoms with Crippen LogP contribution in [-0.2, 0) is 11.3 Å². The molecule has 2 N–H and O–H groups in total. The van der Waals surface area contributed by atoms with Gasteiger partial charge in [0.15, 0.2) is 0 Å². The van der Waals surface area contributed by atoms with E-state index in [0.717, 1.165) is 50.9 Å². The first-order valence-electron chi connectivity index (χ1n) is 10.2. The van der Waals surface area contributed by atoms with Gasteiger partial charge in [0, 0.05) is 18.6 Å². The standard InChI is InChI=1S/C23H29N3O/c27-23(25-20-11-12-20)22(19-9-5-2-6-10-19)24-21-13-15-26(16-14-21)17-18-7-3-1-4-8-18/h1-10,20-22,24H,11-17H2,(H,25,27)/t22-/m0/s1. The van der Waals surface area contributed by atoms with E-state index in [1.807, 2.05) is 18.2 Å². The van der Waals surface area contributed by atoms with Gasteiger partial charge in [0.25, 0.3) is 0 Å². The van der Waals surface area contributed by atoms with E-state index in [1.54, 1.807) is 0 Å². The molecule has 0 bridgehead atoms. The first-order chi connectivity index (χ1) is 13.3. The maximum absolute atomic E-state index is 12.8. The summed E-state index contributed by atoms with van der Waals surface area (Å²) in [5.41, 5.74) is 2.43. The van der Waals surface area contributed by atoms with E-state index in [-0.39, 0.29) is 11.9 Å². The van der Waals surface area contributed by atoms with E-state index in [0.29, 0.717) is 12.1 Å². The van der Waals surface area contributed by atoms with E-state index in [1.165, 1.54) is 5.56 Å². The van der Waals surface area contributed by atoms with Gasteiger partial charge >= 0.3 is 0 Å². The largest absolute Gasteiger partial charge is 0.352 e. The summed E-state index contributed by atoms with van der Waals surface area (Å²) in [5.74, 6) is 0.121. The lowest BCUT2D eigenvalue weighted by Crippen LogP contribution is -2.47. The molecule has 0 aromatic heterocycles. The Morgan fingerprint density at radius 2 is 1.52 bits per heavy atom. The van der Waals surface area contributed by atoms with Gasteiger partial charge < -0.3 is 5.32 Å². The van der Waals surface area contributed by atoms with Crippen molar-refractivity contribution in [3.8, 4) is 0 Å². The van der Waals surface area contributed by atoms with Crippen molar-refractivity contribution >= 4 is 5.91 Å². The second kappa shape index (κ2) is 8.68. The Morgan fingerprint density at radius 1 is 0.889 bits per heavy atom. The first-order valence-corrected chi connectivity index (χ1v) is 10.2. The molecule has 4 nitrogen and oxygen atoms in total. The van der Waals surface area contributed by atoms with Gasteiger partial charge in [-0.1, -0.05) is 60.7 Å². The molecule has 1 heterocycles. The number of benzene rings is 2. The van der Waals surface area contributed by atoms with Crippen LogP contribution in [-0.4, -0.2) is 36.0 Å². The number of likely N-dealkylation sites (tertiary alicyclic amines) is 1. The molecule has 2 aromatic carbocycles. The van der Waals surface area contributed by atoms with E-state index in [4.69, 9.17) is 0 Å². The highest BCUT2D eigenvalue weighted by molar-refractivity contribution is 5.83. The molecule has 2 fully saturated rings. The van der Waals surface area contributed by atoms with Crippen LogP contribution in [0.5, 0.6) is 0 Å². The quantitative estimate of drug-likeness (QED) is 0.794. The van der Waals surface area contributed by atoms with E-state index in [2.05, 4.69) is 58.0 Å². The molecule has 4 rings (SSSR count). The molecule has 1 amide bonds. The van der Waals surface area contributed by atoms with Crippen molar-refractivity contribution in [2.75, 3.05) is 13.1 Å². The lowest BCUT2D eigenvalue weighted by Gasteiger charge is -2.34. The third-order valence-electron chi connectivity index (χ3n) is 5.56. The maximum atomic E-state index is 12.8. The molecule has 142 valence electrons. The minimum absolute atomic E-state index is 0.121. The van der Waals surface area contributed by atoms with Gasteiger partial charge in [-0.2, -0.15) is 0 Å². The Morgan fingerprint density at radius 3 is 2.15 bits per heavy atom. The van der Waals surface area contributed by atoms with Gasteiger partial charge in [0.05, 0.1) is 0 Å². The summed E-state index contributed by atoms with van der Waals surface area (Å²) in [7, 11) is 0. The highest BCUT2D eigenvalue weighted by Crippen LogP contribution is 2.23. The van der Waals surface area contributed by atoms with Crippen molar-refractivity contribution in [1.29, 1.82) is 0 Å². The van der Waals surface area contributed by atoms with Gasteiger partial charge in [-0.3, -0.25) is 15.0 Å². The van der Waals surface area contributed by atoms with Crippen LogP contribution < -0.4 is 10.6 Å². The van der Waals surface area contributed by atoms with E-state index in [9.17, 15) is 4.79 Å². The molecule has 0 radical (unpaired) electrons. The highest BCUT2D eigenvalue weighted by Gasteiger charge is 2.30. The number of carbonyl (C=O) groups is 1. The Labute approximate surface area is 162 Å². The SMILES string of the molecule is O=C(NC1CC1)[C@@H](NC1CCN(Cc2ccccc2)CC1)c1ccccc1.